The molecule has 0 amide bonds. The molecule has 0 bridgehead atoms. The topological polar surface area (TPSA) is 47.9 Å². The summed E-state index contributed by atoms with van der Waals surface area (Å²) in [5, 5.41) is 9.48. The van der Waals surface area contributed by atoms with Gasteiger partial charge in [0.05, 0.1) is 26.4 Å². The summed E-state index contributed by atoms with van der Waals surface area (Å²) in [6, 6.07) is 12.3. The Kier molecular flexibility index (Phi) is 31.8. The van der Waals surface area contributed by atoms with Gasteiger partial charge in [0, 0.05) is 0 Å². The molecule has 0 saturated carbocycles. The van der Waals surface area contributed by atoms with Gasteiger partial charge < -0.3 is 19.3 Å². The first-order chi connectivity index (χ1) is 27.2. The van der Waals surface area contributed by atoms with Crippen molar-refractivity contribution in [3.05, 3.63) is 53.1 Å². The van der Waals surface area contributed by atoms with Crippen molar-refractivity contribution in [1.82, 2.24) is 0 Å². The summed E-state index contributed by atoms with van der Waals surface area (Å²) in [5.41, 5.74) is 3.07. The molecule has 0 heterocycles. The van der Waals surface area contributed by atoms with E-state index in [-0.39, 0.29) is 6.61 Å². The van der Waals surface area contributed by atoms with Crippen LogP contribution in [0.5, 0.6) is 17.2 Å². The minimum atomic E-state index is 0.0596. The maximum Gasteiger partial charge on any atom is 0.203 e. The number of aliphatic hydroxyl groups is 1. The molecule has 4 nitrogen and oxygen atoms in total. The van der Waals surface area contributed by atoms with Crippen LogP contribution in [0.4, 0.5) is 0 Å². The van der Waals surface area contributed by atoms with Crippen molar-refractivity contribution < 1.29 is 19.3 Å². The molecule has 0 radical (unpaired) electrons. The Bertz CT molecular complexity index is 1110. The summed E-state index contributed by atoms with van der Waals surface area (Å²) in [5.74, 6) is 2.39. The Labute approximate surface area is 340 Å². The highest BCUT2D eigenvalue weighted by Gasteiger charge is 2.16. The summed E-state index contributed by atoms with van der Waals surface area (Å²) < 4.78 is 19.7. The predicted molar refractivity (Wildman–Crippen MR) is 240 cm³/mol. The molecule has 2 rings (SSSR count). The number of benzene rings is 2. The van der Waals surface area contributed by atoms with E-state index in [1.807, 2.05) is 12.1 Å². The molecular weight excluding hydrogens is 677 g/mol. The maximum atomic E-state index is 9.48. The third-order valence-electron chi connectivity index (χ3n) is 10.9. The molecule has 0 saturated heterocycles. The zero-order valence-electron chi connectivity index (χ0n) is 36.3. The van der Waals surface area contributed by atoms with Crippen molar-refractivity contribution in [3.63, 3.8) is 0 Å². The van der Waals surface area contributed by atoms with E-state index in [1.54, 1.807) is 0 Å². The number of hydrogen-bond acceptors (Lipinski definition) is 4. The molecular formula is C51H86O4. The van der Waals surface area contributed by atoms with Crippen LogP contribution in [0.15, 0.2) is 36.4 Å². The van der Waals surface area contributed by atoms with Crippen LogP contribution in [0, 0.1) is 0 Å². The van der Waals surface area contributed by atoms with Crippen LogP contribution in [0.1, 0.15) is 230 Å². The van der Waals surface area contributed by atoms with Crippen LogP contribution in [-0.2, 0) is 6.61 Å². The first-order valence-corrected chi connectivity index (χ1v) is 23.7. The predicted octanol–water partition coefficient (Wildman–Crippen LogP) is 16.2. The normalized spacial score (nSPS) is 11.5. The Hall–Kier alpha value is -2.46. The van der Waals surface area contributed by atoms with Crippen LogP contribution in [-0.4, -0.2) is 24.9 Å². The van der Waals surface area contributed by atoms with E-state index in [4.69, 9.17) is 14.2 Å². The van der Waals surface area contributed by atoms with Gasteiger partial charge >= 0.3 is 0 Å². The number of hydrogen-bond donors (Lipinski definition) is 1. The fourth-order valence-electron chi connectivity index (χ4n) is 7.28. The highest BCUT2D eigenvalue weighted by molar-refractivity contribution is 5.72. The number of rotatable bonds is 39. The van der Waals surface area contributed by atoms with Gasteiger partial charge in [-0.1, -0.05) is 231 Å². The van der Waals surface area contributed by atoms with Crippen molar-refractivity contribution in [1.29, 1.82) is 0 Å². The Morgan fingerprint density at radius 2 is 0.691 bits per heavy atom. The van der Waals surface area contributed by atoms with Gasteiger partial charge in [-0.05, 0) is 48.1 Å². The van der Waals surface area contributed by atoms with Crippen molar-refractivity contribution in [3.8, 4) is 17.2 Å². The Balaban J connectivity index is 2.04. The average molecular weight is 763 g/mol. The smallest absolute Gasteiger partial charge is 0.203 e. The minimum Gasteiger partial charge on any atom is -0.490 e. The fourth-order valence-corrected chi connectivity index (χ4v) is 7.28. The standard InChI is InChI=1S/C51H86O4/c1-4-7-10-13-16-19-22-25-28-31-40-53-49-43-48(39-36-46-34-37-47(45-52)38-35-46)44-50(54-41-32-29-26-23-20-17-14-11-8-5-2)51(49)55-42-33-30-27-24-21-18-15-12-9-6-3/h34-39,43-44,52H,4-33,40-42,45H2,1-3H3/b39-36+. The molecule has 4 heteroatoms. The first kappa shape index (κ1) is 48.7. The van der Waals surface area contributed by atoms with E-state index in [2.05, 4.69) is 57.2 Å². The number of ether oxygens (including phenoxy) is 3. The molecule has 0 unspecified atom stereocenters. The van der Waals surface area contributed by atoms with Crippen LogP contribution in [0.2, 0.25) is 0 Å². The summed E-state index contributed by atoms with van der Waals surface area (Å²) >= 11 is 0. The van der Waals surface area contributed by atoms with Crippen molar-refractivity contribution in [2.24, 2.45) is 0 Å². The molecule has 2 aromatic carbocycles. The molecule has 0 fully saturated rings. The summed E-state index contributed by atoms with van der Waals surface area (Å²) in [4.78, 5) is 0. The van der Waals surface area contributed by atoms with E-state index in [0.29, 0.717) is 19.8 Å². The second kappa shape index (κ2) is 35.9. The minimum absolute atomic E-state index is 0.0596. The van der Waals surface area contributed by atoms with E-state index in [9.17, 15) is 5.11 Å². The zero-order valence-corrected chi connectivity index (χ0v) is 36.3. The van der Waals surface area contributed by atoms with Gasteiger partial charge in [-0.15, -0.1) is 0 Å². The maximum absolute atomic E-state index is 9.48. The monoisotopic (exact) mass is 763 g/mol. The third-order valence-corrected chi connectivity index (χ3v) is 10.9. The van der Waals surface area contributed by atoms with E-state index >= 15 is 0 Å². The lowest BCUT2D eigenvalue weighted by molar-refractivity contribution is 0.234. The summed E-state index contributed by atoms with van der Waals surface area (Å²) in [6.45, 7) is 8.99. The molecule has 0 aliphatic carbocycles. The Morgan fingerprint density at radius 1 is 0.382 bits per heavy atom. The van der Waals surface area contributed by atoms with Crippen LogP contribution in [0.3, 0.4) is 0 Å². The van der Waals surface area contributed by atoms with Crippen LogP contribution in [0.25, 0.3) is 12.2 Å². The summed E-state index contributed by atoms with van der Waals surface area (Å²) in [7, 11) is 0. The van der Waals surface area contributed by atoms with Crippen molar-refractivity contribution in [2.45, 2.75) is 220 Å². The van der Waals surface area contributed by atoms with Crippen LogP contribution >= 0.6 is 0 Å². The highest BCUT2D eigenvalue weighted by Crippen LogP contribution is 2.40. The fraction of sp³-hybridized carbons (Fsp3) is 0.725. The summed E-state index contributed by atoms with van der Waals surface area (Å²) in [6.07, 6.45) is 43.5. The molecule has 0 atom stereocenters. The SMILES string of the molecule is CCCCCCCCCCCCOc1cc(/C=C/c2ccc(CO)cc2)cc(OCCCCCCCCCCCC)c1OCCCCCCCCCCCC. The molecule has 0 spiro atoms. The first-order valence-electron chi connectivity index (χ1n) is 23.7. The second-order valence-corrected chi connectivity index (χ2v) is 16.2. The molecule has 55 heavy (non-hydrogen) atoms. The number of aliphatic hydroxyl groups excluding tert-OH is 1. The molecule has 1 N–H and O–H groups in total. The van der Waals surface area contributed by atoms with Gasteiger partial charge in [0.2, 0.25) is 5.75 Å². The molecule has 0 aliphatic rings. The van der Waals surface area contributed by atoms with Gasteiger partial charge in [-0.2, -0.15) is 0 Å². The lowest BCUT2D eigenvalue weighted by Gasteiger charge is -2.18. The van der Waals surface area contributed by atoms with Crippen molar-refractivity contribution >= 4 is 12.2 Å². The average Bonchev–Trinajstić information content (AvgIpc) is 3.21. The molecule has 0 aliphatic heterocycles. The van der Waals surface area contributed by atoms with Crippen LogP contribution < -0.4 is 14.2 Å². The Morgan fingerprint density at radius 3 is 1.04 bits per heavy atom. The lowest BCUT2D eigenvalue weighted by Crippen LogP contribution is -2.07. The van der Waals surface area contributed by atoms with E-state index < -0.39 is 0 Å². The highest BCUT2D eigenvalue weighted by atomic mass is 16.5. The molecule has 0 aromatic heterocycles. The van der Waals surface area contributed by atoms with Gasteiger partial charge in [-0.25, -0.2) is 0 Å². The van der Waals surface area contributed by atoms with Gasteiger partial charge in [0.1, 0.15) is 0 Å². The quantitative estimate of drug-likeness (QED) is 0.0544. The lowest BCUT2D eigenvalue weighted by atomic mass is 10.1. The largest absolute Gasteiger partial charge is 0.490 e. The van der Waals surface area contributed by atoms with Gasteiger partial charge in [0.25, 0.3) is 0 Å². The van der Waals surface area contributed by atoms with Crippen molar-refractivity contribution in [2.75, 3.05) is 19.8 Å². The molecule has 2 aromatic rings. The third kappa shape index (κ3) is 26.2. The van der Waals surface area contributed by atoms with Gasteiger partial charge in [-0.3, -0.25) is 0 Å². The number of unbranched alkanes of at least 4 members (excludes halogenated alkanes) is 27. The van der Waals surface area contributed by atoms with E-state index in [0.717, 1.165) is 53.2 Å². The zero-order chi connectivity index (χ0) is 39.3. The van der Waals surface area contributed by atoms with E-state index in [1.165, 1.54) is 173 Å². The molecule has 314 valence electrons. The second-order valence-electron chi connectivity index (χ2n) is 16.2. The van der Waals surface area contributed by atoms with Gasteiger partial charge in [0.15, 0.2) is 11.5 Å².